The van der Waals surface area contributed by atoms with E-state index >= 15 is 0 Å². The molecule has 4 nitrogen and oxygen atoms in total. The van der Waals surface area contributed by atoms with E-state index in [1.807, 2.05) is 32.3 Å². The summed E-state index contributed by atoms with van der Waals surface area (Å²) in [5.74, 6) is 1.04. The van der Waals surface area contributed by atoms with Gasteiger partial charge in [-0.1, -0.05) is 17.7 Å². The molecule has 1 aromatic carbocycles. The first-order chi connectivity index (χ1) is 9.58. The van der Waals surface area contributed by atoms with Crippen LogP contribution in [-0.4, -0.2) is 30.6 Å². The van der Waals surface area contributed by atoms with E-state index in [1.54, 1.807) is 18.4 Å². The maximum Gasteiger partial charge on any atom is 0.134 e. The van der Waals surface area contributed by atoms with E-state index in [0.29, 0.717) is 11.6 Å². The highest BCUT2D eigenvalue weighted by molar-refractivity contribution is 6.32. The zero-order valence-corrected chi connectivity index (χ0v) is 12.4. The molecule has 20 heavy (non-hydrogen) atoms. The molecule has 0 saturated heterocycles. The lowest BCUT2D eigenvalue weighted by molar-refractivity contribution is 0.250. The zero-order valence-electron chi connectivity index (χ0n) is 11.6. The molecule has 0 aliphatic heterocycles. The molecule has 1 heterocycles. The fourth-order valence-corrected chi connectivity index (χ4v) is 2.24. The molecule has 0 saturated carbocycles. The lowest BCUT2D eigenvalue weighted by atomic mass is 10.2. The van der Waals surface area contributed by atoms with Gasteiger partial charge in [-0.3, -0.25) is 4.90 Å². The van der Waals surface area contributed by atoms with Crippen LogP contribution in [0, 0.1) is 0 Å². The fourth-order valence-electron chi connectivity index (χ4n) is 2.03. The Hall–Kier alpha value is -1.49. The van der Waals surface area contributed by atoms with Gasteiger partial charge in [-0.15, -0.1) is 0 Å². The average molecular weight is 295 g/mol. The quantitative estimate of drug-likeness (QED) is 0.860. The van der Waals surface area contributed by atoms with Crippen molar-refractivity contribution in [2.75, 3.05) is 20.6 Å². The molecule has 5 heteroatoms. The fraction of sp³-hybridized carbons (Fsp3) is 0.333. The van der Waals surface area contributed by atoms with Crippen LogP contribution in [0.3, 0.4) is 0 Å². The van der Waals surface area contributed by atoms with Gasteiger partial charge < -0.3 is 14.8 Å². The first kappa shape index (κ1) is 14.9. The molecule has 2 aromatic rings. The second kappa shape index (κ2) is 6.79. The van der Waals surface area contributed by atoms with Gasteiger partial charge >= 0.3 is 0 Å². The Kier molecular flexibility index (Phi) is 5.06. The highest BCUT2D eigenvalue weighted by atomic mass is 35.5. The minimum atomic E-state index is 0.108. The number of phenolic OH excluding ortho intramolecular Hbond substituents is 1. The topological polar surface area (TPSA) is 48.6 Å². The van der Waals surface area contributed by atoms with E-state index in [-0.39, 0.29) is 11.8 Å². The number of hydrogen-bond acceptors (Lipinski definition) is 4. The molecule has 0 aliphatic rings. The first-order valence-electron chi connectivity index (χ1n) is 6.46. The number of halogens is 1. The maximum absolute atomic E-state index is 9.38. The SMILES string of the molecule is CN(C)C(CNCc1ccc(O)c(Cl)c1)c1ccco1. The van der Waals surface area contributed by atoms with Crippen LogP contribution >= 0.6 is 11.6 Å². The molecule has 1 atom stereocenters. The molecular weight excluding hydrogens is 276 g/mol. The molecule has 0 bridgehead atoms. The summed E-state index contributed by atoms with van der Waals surface area (Å²) in [6.07, 6.45) is 1.69. The molecule has 0 fully saturated rings. The summed E-state index contributed by atoms with van der Waals surface area (Å²) in [5.41, 5.74) is 1.03. The number of phenols is 1. The lowest BCUT2D eigenvalue weighted by Crippen LogP contribution is -2.30. The van der Waals surface area contributed by atoms with Crippen LogP contribution in [0.1, 0.15) is 17.4 Å². The van der Waals surface area contributed by atoms with Crippen LogP contribution in [0.2, 0.25) is 5.02 Å². The number of furan rings is 1. The molecule has 2 rings (SSSR count). The van der Waals surface area contributed by atoms with Crippen LogP contribution in [0.25, 0.3) is 0 Å². The minimum absolute atomic E-state index is 0.108. The van der Waals surface area contributed by atoms with Crippen molar-refractivity contribution >= 4 is 11.6 Å². The Morgan fingerprint density at radius 2 is 2.15 bits per heavy atom. The number of hydrogen-bond donors (Lipinski definition) is 2. The van der Waals surface area contributed by atoms with Crippen LogP contribution in [0.15, 0.2) is 41.0 Å². The summed E-state index contributed by atoms with van der Waals surface area (Å²) in [4.78, 5) is 2.11. The second-order valence-electron chi connectivity index (χ2n) is 4.91. The summed E-state index contributed by atoms with van der Waals surface area (Å²) in [5, 5.41) is 13.1. The molecule has 1 unspecified atom stereocenters. The molecule has 1 aromatic heterocycles. The molecule has 0 aliphatic carbocycles. The van der Waals surface area contributed by atoms with Gasteiger partial charge in [0.05, 0.1) is 17.3 Å². The third-order valence-electron chi connectivity index (χ3n) is 3.17. The smallest absolute Gasteiger partial charge is 0.134 e. The second-order valence-corrected chi connectivity index (χ2v) is 5.32. The normalized spacial score (nSPS) is 12.8. The Morgan fingerprint density at radius 3 is 2.75 bits per heavy atom. The van der Waals surface area contributed by atoms with Gasteiger partial charge in [0.1, 0.15) is 11.5 Å². The zero-order chi connectivity index (χ0) is 14.5. The largest absolute Gasteiger partial charge is 0.506 e. The molecule has 0 spiro atoms. The van der Waals surface area contributed by atoms with Crippen LogP contribution in [0.4, 0.5) is 0 Å². The standard InChI is InChI=1S/C15H19ClN2O2/c1-18(2)13(15-4-3-7-20-15)10-17-9-11-5-6-14(19)12(16)8-11/h3-8,13,17,19H,9-10H2,1-2H3. The van der Waals surface area contributed by atoms with Gasteiger partial charge in [-0.25, -0.2) is 0 Å². The Morgan fingerprint density at radius 1 is 1.35 bits per heavy atom. The van der Waals surface area contributed by atoms with Crippen LogP contribution < -0.4 is 5.32 Å². The van der Waals surface area contributed by atoms with E-state index in [9.17, 15) is 5.11 Å². The van der Waals surface area contributed by atoms with Gasteiger partial charge in [0.15, 0.2) is 0 Å². The van der Waals surface area contributed by atoms with E-state index in [2.05, 4.69) is 10.2 Å². The number of nitrogens with zero attached hydrogens (tertiary/aromatic N) is 1. The summed E-state index contributed by atoms with van der Waals surface area (Å²) in [7, 11) is 4.04. The minimum Gasteiger partial charge on any atom is -0.506 e. The van der Waals surface area contributed by atoms with Crippen LogP contribution in [-0.2, 0) is 6.54 Å². The Bertz CT molecular complexity index is 541. The van der Waals surface area contributed by atoms with E-state index in [0.717, 1.165) is 17.9 Å². The average Bonchev–Trinajstić information content (AvgIpc) is 2.92. The monoisotopic (exact) mass is 294 g/mol. The molecule has 2 N–H and O–H groups in total. The van der Waals surface area contributed by atoms with Crippen molar-refractivity contribution in [3.05, 3.63) is 52.9 Å². The Labute approximate surface area is 124 Å². The van der Waals surface area contributed by atoms with Crippen molar-refractivity contribution < 1.29 is 9.52 Å². The Balaban J connectivity index is 1.92. The summed E-state index contributed by atoms with van der Waals surface area (Å²) in [6.45, 7) is 1.45. The molecular formula is C15H19ClN2O2. The third-order valence-corrected chi connectivity index (χ3v) is 3.48. The van der Waals surface area contributed by atoms with E-state index < -0.39 is 0 Å². The summed E-state index contributed by atoms with van der Waals surface area (Å²) < 4.78 is 5.46. The lowest BCUT2D eigenvalue weighted by Gasteiger charge is -2.22. The molecule has 0 amide bonds. The molecule has 108 valence electrons. The number of nitrogens with one attached hydrogen (secondary N) is 1. The van der Waals surface area contributed by atoms with Crippen LogP contribution in [0.5, 0.6) is 5.75 Å². The van der Waals surface area contributed by atoms with Crippen molar-refractivity contribution in [1.82, 2.24) is 10.2 Å². The van der Waals surface area contributed by atoms with Crippen molar-refractivity contribution in [2.24, 2.45) is 0 Å². The number of likely N-dealkylation sites (N-methyl/N-ethyl adjacent to an activating group) is 1. The maximum atomic E-state index is 9.38. The first-order valence-corrected chi connectivity index (χ1v) is 6.83. The van der Waals surface area contributed by atoms with Crippen molar-refractivity contribution in [1.29, 1.82) is 0 Å². The highest BCUT2D eigenvalue weighted by Crippen LogP contribution is 2.23. The third kappa shape index (κ3) is 3.76. The van der Waals surface area contributed by atoms with Crippen molar-refractivity contribution in [2.45, 2.75) is 12.6 Å². The van der Waals surface area contributed by atoms with E-state index in [4.69, 9.17) is 16.0 Å². The van der Waals surface area contributed by atoms with Gasteiger partial charge in [0.2, 0.25) is 0 Å². The van der Waals surface area contributed by atoms with Gasteiger partial charge in [0, 0.05) is 13.1 Å². The van der Waals surface area contributed by atoms with Gasteiger partial charge in [-0.2, -0.15) is 0 Å². The number of aromatic hydroxyl groups is 1. The van der Waals surface area contributed by atoms with Gasteiger partial charge in [-0.05, 0) is 43.9 Å². The number of benzene rings is 1. The predicted octanol–water partition coefficient (Wildman–Crippen LogP) is 3.03. The predicted molar refractivity (Wildman–Crippen MR) is 80.0 cm³/mol. The summed E-state index contributed by atoms with van der Waals surface area (Å²) in [6, 6.07) is 9.27. The van der Waals surface area contributed by atoms with Crippen molar-refractivity contribution in [3.63, 3.8) is 0 Å². The van der Waals surface area contributed by atoms with E-state index in [1.165, 1.54) is 0 Å². The number of rotatable bonds is 6. The highest BCUT2D eigenvalue weighted by Gasteiger charge is 2.16. The van der Waals surface area contributed by atoms with Crippen molar-refractivity contribution in [3.8, 4) is 5.75 Å². The van der Waals surface area contributed by atoms with Gasteiger partial charge in [0.25, 0.3) is 0 Å². The molecule has 0 radical (unpaired) electrons. The summed E-state index contributed by atoms with van der Waals surface area (Å²) >= 11 is 5.89.